The summed E-state index contributed by atoms with van der Waals surface area (Å²) >= 11 is 0. The standard InChI is InChI=1S/C20H19N5O.C15H9N3O2/c26-20(24-10-3-7-21-9-11-24)15-12-14-13-22-8-6-17(14)25-18-5-2-1-4-16(18)23-19(15)25;19-15(20)10-7-9-8-16-6-5-12(9)18-13-4-2-1-3-11(13)17-14(10)18/h1-2,4-6,8,12-13,21H,3,7,9-11H2;1-8H,(H,19,20). The molecule has 0 spiro atoms. The molecule has 1 amide bonds. The van der Waals surface area contributed by atoms with E-state index in [0.717, 1.165) is 76.5 Å². The Bertz CT molecular complexity index is 2460. The number of aromatic nitrogens is 6. The van der Waals surface area contributed by atoms with Crippen LogP contribution in [0.4, 0.5) is 0 Å². The highest BCUT2D eigenvalue weighted by atomic mass is 16.4. The van der Waals surface area contributed by atoms with E-state index in [9.17, 15) is 14.7 Å². The Kier molecular flexibility index (Phi) is 6.72. The molecule has 8 aromatic rings. The van der Waals surface area contributed by atoms with E-state index in [-0.39, 0.29) is 11.5 Å². The summed E-state index contributed by atoms with van der Waals surface area (Å²) in [6.07, 6.45) is 7.91. The molecular weight excluding hydrogens is 580 g/mol. The molecule has 11 heteroatoms. The Hall–Kier alpha value is -5.94. The van der Waals surface area contributed by atoms with Crippen molar-refractivity contribution in [2.24, 2.45) is 0 Å². The van der Waals surface area contributed by atoms with Crippen LogP contribution in [0.15, 0.2) is 97.6 Å². The molecule has 2 aromatic carbocycles. The third kappa shape index (κ3) is 4.56. The number of rotatable bonds is 2. The van der Waals surface area contributed by atoms with Crippen LogP contribution in [0.25, 0.3) is 55.2 Å². The van der Waals surface area contributed by atoms with Crippen LogP contribution in [0.5, 0.6) is 0 Å². The minimum Gasteiger partial charge on any atom is -0.478 e. The number of hydrogen-bond acceptors (Lipinski definition) is 7. The normalized spacial score (nSPS) is 13.8. The fraction of sp³-hybridized carbons (Fsp3) is 0.143. The highest BCUT2D eigenvalue weighted by Crippen LogP contribution is 2.28. The molecule has 1 fully saturated rings. The molecule has 0 atom stereocenters. The molecule has 0 saturated carbocycles. The van der Waals surface area contributed by atoms with Crippen LogP contribution in [0.1, 0.15) is 27.1 Å². The number of carboxylic acids is 1. The van der Waals surface area contributed by atoms with Crippen molar-refractivity contribution in [3.8, 4) is 0 Å². The van der Waals surface area contributed by atoms with Crippen molar-refractivity contribution in [1.82, 2.24) is 39.0 Å². The van der Waals surface area contributed by atoms with Crippen molar-refractivity contribution in [3.05, 3.63) is 109 Å². The number of nitrogens with one attached hydrogen (secondary N) is 1. The van der Waals surface area contributed by atoms with E-state index < -0.39 is 5.97 Å². The Balaban J connectivity index is 0.000000140. The number of imidazole rings is 2. The average Bonchev–Trinajstić information content (AvgIpc) is 3.56. The highest BCUT2D eigenvalue weighted by molar-refractivity contribution is 6.06. The van der Waals surface area contributed by atoms with Crippen molar-refractivity contribution < 1.29 is 14.7 Å². The van der Waals surface area contributed by atoms with Crippen molar-refractivity contribution in [1.29, 1.82) is 0 Å². The van der Waals surface area contributed by atoms with Gasteiger partial charge in [0.05, 0.1) is 38.7 Å². The van der Waals surface area contributed by atoms with Gasteiger partial charge in [-0.25, -0.2) is 14.8 Å². The summed E-state index contributed by atoms with van der Waals surface area (Å²) in [5.41, 5.74) is 7.47. The molecule has 0 bridgehead atoms. The SMILES string of the molecule is O=C(O)c1cc2cnccc2n2c1nc1ccccc12.O=C(c1cc2cnccc2n2c1nc1ccccc12)N1CCCNCC1. The summed E-state index contributed by atoms with van der Waals surface area (Å²) in [6, 6.07) is 23.0. The maximum atomic E-state index is 13.3. The van der Waals surface area contributed by atoms with E-state index in [1.807, 2.05) is 82.2 Å². The van der Waals surface area contributed by atoms with E-state index >= 15 is 0 Å². The number of carboxylic acid groups (broad SMARTS) is 1. The first kappa shape index (κ1) is 27.6. The van der Waals surface area contributed by atoms with Crippen molar-refractivity contribution in [2.75, 3.05) is 26.2 Å². The molecule has 46 heavy (non-hydrogen) atoms. The number of aromatic carboxylic acids is 1. The molecule has 6 aromatic heterocycles. The minimum atomic E-state index is -0.990. The largest absolute Gasteiger partial charge is 0.478 e. The number of para-hydroxylation sites is 4. The van der Waals surface area contributed by atoms with Crippen LogP contribution in [-0.2, 0) is 0 Å². The molecular formula is C35H28N8O3. The monoisotopic (exact) mass is 608 g/mol. The number of carbonyl (C=O) groups excluding carboxylic acids is 1. The van der Waals surface area contributed by atoms with Gasteiger partial charge < -0.3 is 15.3 Å². The van der Waals surface area contributed by atoms with Crippen molar-refractivity contribution in [2.45, 2.75) is 6.42 Å². The van der Waals surface area contributed by atoms with Crippen LogP contribution in [0.3, 0.4) is 0 Å². The topological polar surface area (TPSA) is 130 Å². The molecule has 226 valence electrons. The maximum Gasteiger partial charge on any atom is 0.339 e. The number of nitrogens with zero attached hydrogens (tertiary/aromatic N) is 7. The third-order valence-electron chi connectivity index (χ3n) is 8.43. The summed E-state index contributed by atoms with van der Waals surface area (Å²) in [6.45, 7) is 3.27. The van der Waals surface area contributed by atoms with Gasteiger partial charge in [-0.1, -0.05) is 24.3 Å². The van der Waals surface area contributed by atoms with Gasteiger partial charge in [-0.05, 0) is 61.5 Å². The zero-order chi connectivity index (χ0) is 31.2. The van der Waals surface area contributed by atoms with Gasteiger partial charge in [-0.3, -0.25) is 23.6 Å². The first-order valence-corrected chi connectivity index (χ1v) is 15.1. The van der Waals surface area contributed by atoms with Gasteiger partial charge in [0.1, 0.15) is 5.56 Å². The average molecular weight is 609 g/mol. The van der Waals surface area contributed by atoms with E-state index in [0.29, 0.717) is 16.9 Å². The third-order valence-corrected chi connectivity index (χ3v) is 8.43. The quantitative estimate of drug-likeness (QED) is 0.274. The first-order valence-electron chi connectivity index (χ1n) is 15.1. The second-order valence-electron chi connectivity index (χ2n) is 11.2. The summed E-state index contributed by atoms with van der Waals surface area (Å²) in [5.74, 6) is -0.948. The minimum absolute atomic E-state index is 0.0414. The highest BCUT2D eigenvalue weighted by Gasteiger charge is 2.23. The fourth-order valence-electron chi connectivity index (χ4n) is 6.30. The molecule has 1 saturated heterocycles. The van der Waals surface area contributed by atoms with E-state index in [2.05, 4.69) is 24.7 Å². The second-order valence-corrected chi connectivity index (χ2v) is 11.2. The van der Waals surface area contributed by atoms with Crippen LogP contribution < -0.4 is 5.32 Å². The van der Waals surface area contributed by atoms with Gasteiger partial charge in [0, 0.05) is 55.2 Å². The first-order chi connectivity index (χ1) is 22.6. The summed E-state index contributed by atoms with van der Waals surface area (Å²) < 4.78 is 3.95. The summed E-state index contributed by atoms with van der Waals surface area (Å²) in [7, 11) is 0. The van der Waals surface area contributed by atoms with E-state index in [4.69, 9.17) is 4.98 Å². The zero-order valence-electron chi connectivity index (χ0n) is 24.7. The Morgan fingerprint density at radius 2 is 1.24 bits per heavy atom. The van der Waals surface area contributed by atoms with Crippen LogP contribution in [0.2, 0.25) is 0 Å². The number of carbonyl (C=O) groups is 2. The fourth-order valence-corrected chi connectivity index (χ4v) is 6.30. The van der Waals surface area contributed by atoms with Crippen LogP contribution >= 0.6 is 0 Å². The number of hydrogen-bond donors (Lipinski definition) is 2. The lowest BCUT2D eigenvalue weighted by molar-refractivity contribution is 0.0697. The molecule has 1 aliphatic heterocycles. The van der Waals surface area contributed by atoms with Gasteiger partial charge in [0.15, 0.2) is 11.3 Å². The molecule has 1 aliphatic rings. The summed E-state index contributed by atoms with van der Waals surface area (Å²) in [4.78, 5) is 44.2. The van der Waals surface area contributed by atoms with Gasteiger partial charge in [0.2, 0.25) is 0 Å². The Morgan fingerprint density at radius 1 is 0.674 bits per heavy atom. The molecule has 0 aliphatic carbocycles. The number of benzene rings is 2. The van der Waals surface area contributed by atoms with Crippen LogP contribution in [0, 0.1) is 0 Å². The lowest BCUT2D eigenvalue weighted by atomic mass is 10.1. The Morgan fingerprint density at radius 3 is 1.85 bits per heavy atom. The molecule has 0 radical (unpaired) electrons. The number of fused-ring (bicyclic) bond motifs is 10. The molecule has 11 nitrogen and oxygen atoms in total. The van der Waals surface area contributed by atoms with E-state index in [1.54, 1.807) is 24.7 Å². The van der Waals surface area contributed by atoms with Gasteiger partial charge in [-0.15, -0.1) is 0 Å². The smallest absolute Gasteiger partial charge is 0.339 e. The predicted octanol–water partition coefficient (Wildman–Crippen LogP) is 5.21. The molecule has 9 rings (SSSR count). The second kappa shape index (κ2) is 11.2. The lowest BCUT2D eigenvalue weighted by Crippen LogP contribution is -2.34. The van der Waals surface area contributed by atoms with Crippen LogP contribution in [-0.4, -0.2) is 76.8 Å². The van der Waals surface area contributed by atoms with Crippen molar-refractivity contribution >= 4 is 67.0 Å². The molecule has 0 unspecified atom stereocenters. The summed E-state index contributed by atoms with van der Waals surface area (Å²) in [5, 5.41) is 14.5. The predicted molar refractivity (Wildman–Crippen MR) is 176 cm³/mol. The zero-order valence-corrected chi connectivity index (χ0v) is 24.7. The van der Waals surface area contributed by atoms with E-state index in [1.165, 1.54) is 0 Å². The molecule has 2 N–H and O–H groups in total. The number of amides is 1. The van der Waals surface area contributed by atoms with Crippen molar-refractivity contribution in [3.63, 3.8) is 0 Å². The number of pyridine rings is 4. The maximum absolute atomic E-state index is 13.3. The lowest BCUT2D eigenvalue weighted by Gasteiger charge is -2.20. The Labute approximate surface area is 261 Å². The van der Waals surface area contributed by atoms with Gasteiger partial charge in [0.25, 0.3) is 5.91 Å². The van der Waals surface area contributed by atoms with Gasteiger partial charge in [-0.2, -0.15) is 0 Å². The van der Waals surface area contributed by atoms with Gasteiger partial charge >= 0.3 is 5.97 Å². The molecule has 7 heterocycles.